The molecule has 168 valence electrons. The summed E-state index contributed by atoms with van der Waals surface area (Å²) in [6.45, 7) is 2.19. The van der Waals surface area contributed by atoms with Crippen LogP contribution in [0.5, 0.6) is 0 Å². The van der Waals surface area contributed by atoms with Gasteiger partial charge in [0.15, 0.2) is 0 Å². The molecule has 0 saturated heterocycles. The Morgan fingerprint density at radius 2 is 1.55 bits per heavy atom. The van der Waals surface area contributed by atoms with Gasteiger partial charge in [-0.1, -0.05) is 54.6 Å². The zero-order chi connectivity index (χ0) is 23.4. The summed E-state index contributed by atoms with van der Waals surface area (Å²) in [5, 5.41) is 12.4. The van der Waals surface area contributed by atoms with Crippen molar-refractivity contribution in [3.05, 3.63) is 112 Å². The van der Waals surface area contributed by atoms with Crippen LogP contribution in [0.3, 0.4) is 0 Å². The summed E-state index contributed by atoms with van der Waals surface area (Å²) in [6, 6.07) is 23.7. The van der Waals surface area contributed by atoms with Crippen molar-refractivity contribution in [2.45, 2.75) is 13.0 Å². The highest BCUT2D eigenvalue weighted by Crippen LogP contribution is 2.55. The van der Waals surface area contributed by atoms with E-state index in [1.165, 1.54) is 12.1 Å². The maximum Gasteiger partial charge on any atom is 0.335 e. The zero-order valence-corrected chi connectivity index (χ0v) is 18.9. The number of nitro groups is 1. The molecule has 1 unspecified atom stereocenters. The molecule has 1 aliphatic rings. The predicted molar refractivity (Wildman–Crippen MR) is 127 cm³/mol. The maximum atomic E-state index is 14.9. The second-order valence-corrected chi connectivity index (χ2v) is 10.2. The van der Waals surface area contributed by atoms with Crippen molar-refractivity contribution in [2.24, 2.45) is 0 Å². The fraction of sp³-hybridized carbons (Fsp3) is 0.160. The van der Waals surface area contributed by atoms with Crippen LogP contribution in [0.2, 0.25) is 0 Å². The van der Waals surface area contributed by atoms with Crippen LogP contribution in [0.4, 0.5) is 5.69 Å². The van der Waals surface area contributed by atoms with Gasteiger partial charge in [0.1, 0.15) is 0 Å². The third kappa shape index (κ3) is 4.25. The molecule has 4 rings (SSSR count). The van der Waals surface area contributed by atoms with E-state index >= 15 is 0 Å². The highest BCUT2D eigenvalue weighted by atomic mass is 31.2. The van der Waals surface area contributed by atoms with Crippen LogP contribution in [0.1, 0.15) is 18.5 Å². The third-order valence-corrected chi connectivity index (χ3v) is 8.71. The average molecular weight is 462 g/mol. The molecular weight excluding hydrogens is 439 g/mol. The molecule has 0 saturated carbocycles. The molecule has 7 nitrogen and oxygen atoms in total. The topological polar surface area (TPSA) is 89.8 Å². The lowest BCUT2D eigenvalue weighted by atomic mass is 10.0. The number of nitrogens with zero attached hydrogens (tertiary/aromatic N) is 2. The molecule has 33 heavy (non-hydrogen) atoms. The molecule has 0 amide bonds. The second-order valence-electron chi connectivity index (χ2n) is 7.50. The van der Waals surface area contributed by atoms with Gasteiger partial charge in [-0.25, -0.2) is 9.46 Å². The normalized spacial score (nSPS) is 16.3. The van der Waals surface area contributed by atoms with E-state index < -0.39 is 24.2 Å². The van der Waals surface area contributed by atoms with Crippen molar-refractivity contribution < 1.29 is 19.0 Å². The minimum absolute atomic E-state index is 0.0562. The van der Waals surface area contributed by atoms with Gasteiger partial charge in [-0.2, -0.15) is 0 Å². The first-order chi connectivity index (χ1) is 16.0. The molecule has 1 aliphatic heterocycles. The van der Waals surface area contributed by atoms with Crippen LogP contribution < -0.4 is 10.6 Å². The molecule has 0 radical (unpaired) electrons. The smallest absolute Gasteiger partial charge is 0.335 e. The highest BCUT2D eigenvalue weighted by Gasteiger charge is 2.45. The Bertz CT molecular complexity index is 1180. The van der Waals surface area contributed by atoms with E-state index in [9.17, 15) is 19.5 Å². The molecule has 3 aromatic carbocycles. The standard InChI is InChI=1S/C25H23N2O5P/c1-2-32-25(28)23-17-18-26(24(23)19-13-15-20(16-14-19)27(29)30)33(31,21-9-5-3-6-10-21)22-11-7-4-8-12-22/h3-17,24H,2,18H2,1H3. The van der Waals surface area contributed by atoms with Gasteiger partial charge in [-0.3, -0.25) is 14.7 Å². The largest absolute Gasteiger partial charge is 0.463 e. The molecule has 0 aliphatic carbocycles. The van der Waals surface area contributed by atoms with Gasteiger partial charge in [-0.05, 0) is 36.8 Å². The Hall–Kier alpha value is -3.54. The minimum atomic E-state index is -3.38. The molecule has 0 N–H and O–H groups in total. The Labute approximate surface area is 191 Å². The monoisotopic (exact) mass is 462 g/mol. The van der Waals surface area contributed by atoms with Gasteiger partial charge in [0.05, 0.1) is 23.1 Å². The van der Waals surface area contributed by atoms with E-state index in [0.29, 0.717) is 21.7 Å². The van der Waals surface area contributed by atoms with Crippen molar-refractivity contribution >= 4 is 29.6 Å². The van der Waals surface area contributed by atoms with E-state index in [0.717, 1.165) is 0 Å². The number of hydrogen-bond acceptors (Lipinski definition) is 5. The van der Waals surface area contributed by atoms with E-state index in [1.54, 1.807) is 25.1 Å². The van der Waals surface area contributed by atoms with Crippen molar-refractivity contribution in [1.29, 1.82) is 0 Å². The maximum absolute atomic E-state index is 14.9. The molecule has 0 aromatic heterocycles. The van der Waals surface area contributed by atoms with Crippen LogP contribution in [0.15, 0.2) is 96.6 Å². The van der Waals surface area contributed by atoms with Crippen molar-refractivity contribution in [2.75, 3.05) is 13.2 Å². The lowest BCUT2D eigenvalue weighted by Crippen LogP contribution is -2.34. The summed E-state index contributed by atoms with van der Waals surface area (Å²) in [7, 11) is -3.38. The molecule has 8 heteroatoms. The summed E-state index contributed by atoms with van der Waals surface area (Å²) in [5.74, 6) is -0.490. The Kier molecular flexibility index (Phi) is 6.54. The van der Waals surface area contributed by atoms with Crippen molar-refractivity contribution in [1.82, 2.24) is 4.67 Å². The molecule has 1 atom stereocenters. The summed E-state index contributed by atoms with van der Waals surface area (Å²) in [6.07, 6.45) is 1.74. The summed E-state index contributed by atoms with van der Waals surface area (Å²) in [4.78, 5) is 23.5. The van der Waals surface area contributed by atoms with Gasteiger partial charge in [0.2, 0.25) is 7.29 Å². The minimum Gasteiger partial charge on any atom is -0.463 e. The van der Waals surface area contributed by atoms with E-state index in [1.807, 2.05) is 65.3 Å². The first kappa shape index (κ1) is 22.6. The highest BCUT2D eigenvalue weighted by molar-refractivity contribution is 7.76. The average Bonchev–Trinajstić information content (AvgIpc) is 3.31. The zero-order valence-electron chi connectivity index (χ0n) is 18.0. The van der Waals surface area contributed by atoms with E-state index in [2.05, 4.69) is 0 Å². The van der Waals surface area contributed by atoms with Crippen LogP contribution in [0.25, 0.3) is 0 Å². The number of ether oxygens (including phenoxy) is 1. The van der Waals surface area contributed by atoms with Crippen LogP contribution in [-0.4, -0.2) is 28.7 Å². The van der Waals surface area contributed by atoms with Gasteiger partial charge >= 0.3 is 5.97 Å². The third-order valence-electron chi connectivity index (χ3n) is 5.60. The molecule has 0 spiro atoms. The first-order valence-electron chi connectivity index (χ1n) is 10.6. The van der Waals surface area contributed by atoms with Crippen LogP contribution >= 0.6 is 7.29 Å². The van der Waals surface area contributed by atoms with Gasteiger partial charge < -0.3 is 4.74 Å². The Morgan fingerprint density at radius 3 is 2.03 bits per heavy atom. The fourth-order valence-corrected chi connectivity index (χ4v) is 7.03. The van der Waals surface area contributed by atoms with Gasteiger partial charge in [-0.15, -0.1) is 0 Å². The number of carbonyl (C=O) groups is 1. The van der Waals surface area contributed by atoms with Crippen molar-refractivity contribution in [3.63, 3.8) is 0 Å². The SMILES string of the molecule is CCOC(=O)C1=CCN(P(=O)(c2ccccc2)c2ccccc2)C1c1ccc([N+](=O)[O-])cc1. The Morgan fingerprint density at radius 1 is 1.00 bits per heavy atom. The first-order valence-corrected chi connectivity index (χ1v) is 12.2. The Balaban J connectivity index is 1.88. The van der Waals surface area contributed by atoms with Gasteiger partial charge in [0, 0.05) is 29.3 Å². The number of carbonyl (C=O) groups excluding carboxylic acids is 1. The molecular formula is C25H23N2O5P. The number of esters is 1. The summed E-state index contributed by atoms with van der Waals surface area (Å²) < 4.78 is 22.0. The van der Waals surface area contributed by atoms with Crippen LogP contribution in [-0.2, 0) is 14.1 Å². The van der Waals surface area contributed by atoms with E-state index in [4.69, 9.17) is 4.74 Å². The quantitative estimate of drug-likeness (QED) is 0.224. The molecule has 0 fully saturated rings. The number of hydrogen-bond donors (Lipinski definition) is 0. The van der Waals surface area contributed by atoms with Crippen LogP contribution in [0, 0.1) is 10.1 Å². The van der Waals surface area contributed by atoms with Gasteiger partial charge in [0.25, 0.3) is 5.69 Å². The predicted octanol–water partition coefficient (Wildman–Crippen LogP) is 4.37. The molecule has 0 bridgehead atoms. The second kappa shape index (κ2) is 9.53. The number of nitro benzene ring substituents is 1. The number of rotatable bonds is 7. The summed E-state index contributed by atoms with van der Waals surface area (Å²) in [5.41, 5.74) is 0.946. The lowest BCUT2D eigenvalue weighted by molar-refractivity contribution is -0.384. The fourth-order valence-electron chi connectivity index (χ4n) is 4.09. The molecule has 3 aromatic rings. The number of benzene rings is 3. The van der Waals surface area contributed by atoms with E-state index in [-0.39, 0.29) is 18.8 Å². The summed E-state index contributed by atoms with van der Waals surface area (Å²) >= 11 is 0. The molecule has 1 heterocycles. The van der Waals surface area contributed by atoms with Crippen molar-refractivity contribution in [3.8, 4) is 0 Å². The lowest BCUT2D eigenvalue weighted by Gasteiger charge is -2.35. The number of non-ortho nitro benzene ring substituents is 1.